The van der Waals surface area contributed by atoms with Crippen LogP contribution in [0.15, 0.2) is 29.4 Å². The number of benzene rings is 1. The summed E-state index contributed by atoms with van der Waals surface area (Å²) < 4.78 is 0. The zero-order valence-electron chi connectivity index (χ0n) is 6.61. The van der Waals surface area contributed by atoms with E-state index >= 15 is 0 Å². The van der Waals surface area contributed by atoms with Crippen LogP contribution < -0.4 is 5.48 Å². The third-order valence-corrected chi connectivity index (χ3v) is 1.90. The second-order valence-corrected chi connectivity index (χ2v) is 2.60. The Morgan fingerprint density at radius 1 is 1.31 bits per heavy atom. The minimum Gasteiger partial charge on any atom is -0.321 e. The number of nitroso groups, excluding NO2 is 1. The maximum Gasteiger partial charge on any atom is 0.184 e. The Morgan fingerprint density at radius 3 is 2.62 bits per heavy atom. The summed E-state index contributed by atoms with van der Waals surface area (Å²) in [5, 5.41) is 13.0. The molecule has 0 radical (unpaired) electrons. The summed E-state index contributed by atoms with van der Waals surface area (Å²) in [7, 11) is 0. The lowest BCUT2D eigenvalue weighted by atomic mass is 10.2. The van der Waals surface area contributed by atoms with Crippen molar-refractivity contribution in [1.29, 1.82) is 0 Å². The van der Waals surface area contributed by atoms with Gasteiger partial charge in [0.15, 0.2) is 5.82 Å². The largest absolute Gasteiger partial charge is 0.321 e. The van der Waals surface area contributed by atoms with Gasteiger partial charge in [-0.15, -0.1) is 4.91 Å². The molecule has 3 N–H and O–H groups in total. The van der Waals surface area contributed by atoms with Gasteiger partial charge in [-0.2, -0.15) is 0 Å². The van der Waals surface area contributed by atoms with Gasteiger partial charge in [0.2, 0.25) is 0 Å². The Bertz CT molecular complexity index is 450. The molecule has 0 unspecified atom stereocenters. The molecule has 0 saturated heterocycles. The smallest absolute Gasteiger partial charge is 0.184 e. The Balaban J connectivity index is 2.81. The molecule has 0 amide bonds. The number of aromatic nitrogens is 1. The van der Waals surface area contributed by atoms with E-state index in [9.17, 15) is 4.91 Å². The Kier molecular flexibility index (Phi) is 1.71. The lowest BCUT2D eigenvalue weighted by Gasteiger charge is -1.92. The van der Waals surface area contributed by atoms with E-state index in [1.165, 1.54) is 0 Å². The molecule has 0 fully saturated rings. The number of aromatic amines is 1. The number of nitrogens with zero attached hydrogens (tertiary/aromatic N) is 1. The molecule has 1 aromatic carbocycles. The van der Waals surface area contributed by atoms with E-state index in [1.54, 1.807) is 18.2 Å². The van der Waals surface area contributed by atoms with E-state index in [4.69, 9.17) is 5.21 Å². The highest BCUT2D eigenvalue weighted by Gasteiger charge is 2.08. The number of rotatable bonds is 2. The molecule has 66 valence electrons. The van der Waals surface area contributed by atoms with Crippen LogP contribution in [-0.2, 0) is 0 Å². The molecule has 5 nitrogen and oxygen atoms in total. The topological polar surface area (TPSA) is 77.5 Å². The van der Waals surface area contributed by atoms with E-state index in [1.807, 2.05) is 11.5 Å². The molecule has 0 aliphatic carbocycles. The van der Waals surface area contributed by atoms with Gasteiger partial charge in [-0.1, -0.05) is 24.3 Å². The van der Waals surface area contributed by atoms with E-state index in [2.05, 4.69) is 10.2 Å². The number of H-pyrrole nitrogens is 1. The molecule has 13 heavy (non-hydrogen) atoms. The molecule has 2 rings (SSSR count). The molecule has 0 atom stereocenters. The maximum atomic E-state index is 10.4. The maximum absolute atomic E-state index is 10.4. The van der Waals surface area contributed by atoms with Crippen molar-refractivity contribution >= 4 is 22.4 Å². The van der Waals surface area contributed by atoms with Crippen molar-refractivity contribution in [2.75, 3.05) is 5.48 Å². The van der Waals surface area contributed by atoms with E-state index < -0.39 is 0 Å². The van der Waals surface area contributed by atoms with Gasteiger partial charge >= 0.3 is 0 Å². The first-order valence-corrected chi connectivity index (χ1v) is 3.71. The SMILES string of the molecule is O=Nc1[nH]c(NO)c2ccccc12. The summed E-state index contributed by atoms with van der Waals surface area (Å²) in [5.41, 5.74) is 1.97. The zero-order valence-corrected chi connectivity index (χ0v) is 6.61. The average Bonchev–Trinajstić information content (AvgIpc) is 2.56. The first-order valence-electron chi connectivity index (χ1n) is 3.71. The molecular formula is C8H7N3O2. The van der Waals surface area contributed by atoms with Crippen LogP contribution in [0.25, 0.3) is 10.8 Å². The number of nitrogens with one attached hydrogen (secondary N) is 2. The van der Waals surface area contributed by atoms with E-state index in [0.29, 0.717) is 11.2 Å². The average molecular weight is 177 g/mol. The lowest BCUT2D eigenvalue weighted by molar-refractivity contribution is 0.387. The highest BCUT2D eigenvalue weighted by Crippen LogP contribution is 2.31. The van der Waals surface area contributed by atoms with Crippen molar-refractivity contribution in [2.45, 2.75) is 0 Å². The van der Waals surface area contributed by atoms with E-state index in [-0.39, 0.29) is 5.82 Å². The first kappa shape index (κ1) is 7.75. The number of fused-ring (bicyclic) bond motifs is 1. The highest BCUT2D eigenvalue weighted by atomic mass is 16.5. The van der Waals surface area contributed by atoms with E-state index in [0.717, 1.165) is 5.39 Å². The molecule has 1 aromatic heterocycles. The third kappa shape index (κ3) is 1.06. The van der Waals surface area contributed by atoms with Crippen LogP contribution in [0.5, 0.6) is 0 Å². The fourth-order valence-corrected chi connectivity index (χ4v) is 1.32. The van der Waals surface area contributed by atoms with Gasteiger partial charge in [-0.05, 0) is 5.18 Å². The Hall–Kier alpha value is -1.88. The monoisotopic (exact) mass is 177 g/mol. The summed E-state index contributed by atoms with van der Waals surface area (Å²) >= 11 is 0. The van der Waals surface area contributed by atoms with Crippen molar-refractivity contribution in [3.63, 3.8) is 0 Å². The fraction of sp³-hybridized carbons (Fsp3) is 0. The second-order valence-electron chi connectivity index (χ2n) is 2.60. The van der Waals surface area contributed by atoms with Crippen LogP contribution in [0.2, 0.25) is 0 Å². The summed E-state index contributed by atoms with van der Waals surface area (Å²) in [6.07, 6.45) is 0. The standard InChI is InChI=1S/C8H7N3O2/c12-10-7-5-3-1-2-4-6(5)8(9-7)11-13/h1-4,9-10,12H. The Labute approximate surface area is 73.3 Å². The number of anilines is 1. The van der Waals surface area contributed by atoms with Crippen LogP contribution in [0.3, 0.4) is 0 Å². The minimum absolute atomic E-state index is 0.215. The van der Waals surface area contributed by atoms with Crippen molar-refractivity contribution in [3.8, 4) is 0 Å². The number of hydrogen-bond donors (Lipinski definition) is 3. The molecule has 1 heterocycles. The Morgan fingerprint density at radius 2 is 2.00 bits per heavy atom. The van der Waals surface area contributed by atoms with Gasteiger partial charge < -0.3 is 4.98 Å². The second kappa shape index (κ2) is 2.87. The summed E-state index contributed by atoms with van der Waals surface area (Å²) in [5.74, 6) is 0.595. The van der Waals surface area contributed by atoms with Crippen molar-refractivity contribution < 1.29 is 5.21 Å². The molecule has 0 aliphatic rings. The van der Waals surface area contributed by atoms with Gasteiger partial charge in [0.05, 0.1) is 0 Å². The fourth-order valence-electron chi connectivity index (χ4n) is 1.32. The molecular weight excluding hydrogens is 170 g/mol. The molecule has 0 spiro atoms. The summed E-state index contributed by atoms with van der Waals surface area (Å²) in [6.45, 7) is 0. The molecule has 2 aromatic rings. The van der Waals surface area contributed by atoms with Gasteiger partial charge in [0.1, 0.15) is 5.82 Å². The normalized spacial score (nSPS) is 10.2. The molecule has 0 saturated carbocycles. The number of hydrogen-bond acceptors (Lipinski definition) is 4. The van der Waals surface area contributed by atoms with Gasteiger partial charge in [0, 0.05) is 10.8 Å². The van der Waals surface area contributed by atoms with Crippen molar-refractivity contribution in [3.05, 3.63) is 29.2 Å². The minimum atomic E-state index is 0.215. The van der Waals surface area contributed by atoms with Crippen LogP contribution in [0, 0.1) is 4.91 Å². The third-order valence-electron chi connectivity index (χ3n) is 1.90. The van der Waals surface area contributed by atoms with Gasteiger partial charge in [0.25, 0.3) is 0 Å². The van der Waals surface area contributed by atoms with Crippen molar-refractivity contribution in [2.24, 2.45) is 5.18 Å². The van der Waals surface area contributed by atoms with Crippen LogP contribution in [-0.4, -0.2) is 10.2 Å². The van der Waals surface area contributed by atoms with Crippen LogP contribution in [0.4, 0.5) is 11.6 Å². The lowest BCUT2D eigenvalue weighted by Crippen LogP contribution is -1.88. The molecule has 5 heteroatoms. The summed E-state index contributed by atoms with van der Waals surface area (Å²) in [4.78, 5) is 13.0. The zero-order chi connectivity index (χ0) is 9.26. The first-order chi connectivity index (χ1) is 6.36. The van der Waals surface area contributed by atoms with Crippen molar-refractivity contribution in [1.82, 2.24) is 4.98 Å². The van der Waals surface area contributed by atoms with Gasteiger partial charge in [-0.3, -0.25) is 10.7 Å². The predicted octanol–water partition coefficient (Wildman–Crippen LogP) is 2.37. The molecule has 0 aliphatic heterocycles. The quantitative estimate of drug-likeness (QED) is 0.486. The van der Waals surface area contributed by atoms with Crippen LogP contribution in [0.1, 0.15) is 0 Å². The molecule has 0 bridgehead atoms. The summed E-state index contributed by atoms with van der Waals surface area (Å²) in [6, 6.07) is 7.14. The highest BCUT2D eigenvalue weighted by molar-refractivity contribution is 6.00. The van der Waals surface area contributed by atoms with Gasteiger partial charge in [-0.25, -0.2) is 0 Å². The van der Waals surface area contributed by atoms with Crippen LogP contribution >= 0.6 is 0 Å². The predicted molar refractivity (Wildman–Crippen MR) is 49.2 cm³/mol.